The van der Waals surface area contributed by atoms with Crippen LogP contribution in [0.2, 0.25) is 0 Å². The van der Waals surface area contributed by atoms with Gasteiger partial charge in [-0.05, 0) is 12.1 Å². The molecule has 0 radical (unpaired) electrons. The highest BCUT2D eigenvalue weighted by Crippen LogP contribution is 2.27. The zero-order valence-corrected chi connectivity index (χ0v) is 8.31. The van der Waals surface area contributed by atoms with Crippen molar-refractivity contribution in [3.63, 3.8) is 0 Å². The molecule has 4 nitrogen and oxygen atoms in total. The molecule has 0 bridgehead atoms. The summed E-state index contributed by atoms with van der Waals surface area (Å²) in [6.07, 6.45) is 1.29. The van der Waals surface area contributed by atoms with Crippen LogP contribution in [0.4, 0.5) is 4.39 Å². The number of ether oxygens (including phenoxy) is 1. The first-order valence-corrected chi connectivity index (χ1v) is 4.60. The van der Waals surface area contributed by atoms with E-state index in [9.17, 15) is 9.18 Å². The van der Waals surface area contributed by atoms with Crippen molar-refractivity contribution in [2.75, 3.05) is 6.86 Å². The molecule has 0 fully saturated rings. The SMILES string of the molecule is NC(=O)c1cnc2ccccc2c1OCF. The number of benzene rings is 1. The zero-order chi connectivity index (χ0) is 11.5. The number of nitrogens with zero attached hydrogens (tertiary/aromatic N) is 1. The molecule has 0 saturated carbocycles. The molecule has 16 heavy (non-hydrogen) atoms. The van der Waals surface area contributed by atoms with Crippen LogP contribution in [0.5, 0.6) is 5.75 Å². The maximum Gasteiger partial charge on any atom is 0.254 e. The molecule has 2 rings (SSSR count). The second kappa shape index (κ2) is 4.14. The molecule has 1 aromatic carbocycles. The van der Waals surface area contributed by atoms with Gasteiger partial charge < -0.3 is 10.5 Å². The van der Waals surface area contributed by atoms with Gasteiger partial charge in [0.15, 0.2) is 0 Å². The number of hydrogen-bond acceptors (Lipinski definition) is 3. The van der Waals surface area contributed by atoms with Crippen molar-refractivity contribution < 1.29 is 13.9 Å². The Kier molecular flexibility index (Phi) is 2.68. The summed E-state index contributed by atoms with van der Waals surface area (Å²) in [5.74, 6) is -0.553. The molecule has 82 valence electrons. The molecule has 0 atom stereocenters. The van der Waals surface area contributed by atoms with Crippen LogP contribution in [0.1, 0.15) is 10.4 Å². The van der Waals surface area contributed by atoms with Crippen molar-refractivity contribution >= 4 is 16.8 Å². The van der Waals surface area contributed by atoms with Crippen LogP contribution >= 0.6 is 0 Å². The lowest BCUT2D eigenvalue weighted by molar-refractivity contribution is 0.0993. The third kappa shape index (κ3) is 1.67. The normalized spacial score (nSPS) is 10.3. The van der Waals surface area contributed by atoms with Crippen LogP contribution in [0.15, 0.2) is 30.5 Å². The number of fused-ring (bicyclic) bond motifs is 1. The minimum atomic E-state index is -1.02. The minimum Gasteiger partial charge on any atom is -0.461 e. The number of alkyl halides is 1. The van der Waals surface area contributed by atoms with Gasteiger partial charge in [-0.3, -0.25) is 9.78 Å². The fourth-order valence-corrected chi connectivity index (χ4v) is 1.50. The molecule has 2 aromatic rings. The van der Waals surface area contributed by atoms with Crippen LogP contribution in [0.25, 0.3) is 10.9 Å². The predicted molar refractivity (Wildman–Crippen MR) is 56.9 cm³/mol. The maximum absolute atomic E-state index is 12.3. The Bertz CT molecular complexity index is 542. The standard InChI is InChI=1S/C11H9FN2O2/c12-6-16-10-7-3-1-2-4-9(7)14-5-8(10)11(13)15/h1-5H,6H2,(H2,13,15). The number of carbonyl (C=O) groups excluding carboxylic acids is 1. The molecule has 0 aliphatic heterocycles. The molecule has 0 aliphatic carbocycles. The summed E-state index contributed by atoms with van der Waals surface area (Å²) < 4.78 is 17.1. The molecule has 1 amide bonds. The lowest BCUT2D eigenvalue weighted by Gasteiger charge is -2.09. The van der Waals surface area contributed by atoms with Gasteiger partial charge in [0.25, 0.3) is 5.91 Å². The Morgan fingerprint density at radius 1 is 1.44 bits per heavy atom. The van der Waals surface area contributed by atoms with Gasteiger partial charge in [-0.15, -0.1) is 0 Å². The first kappa shape index (κ1) is 10.4. The van der Waals surface area contributed by atoms with E-state index < -0.39 is 12.8 Å². The Labute approximate surface area is 90.8 Å². The molecule has 5 heteroatoms. The van der Waals surface area contributed by atoms with Crippen molar-refractivity contribution in [3.8, 4) is 5.75 Å². The van der Waals surface area contributed by atoms with E-state index in [1.807, 2.05) is 0 Å². The summed E-state index contributed by atoms with van der Waals surface area (Å²) >= 11 is 0. The van der Waals surface area contributed by atoms with E-state index in [1.54, 1.807) is 24.3 Å². The van der Waals surface area contributed by atoms with Gasteiger partial charge >= 0.3 is 0 Å². The highest BCUT2D eigenvalue weighted by molar-refractivity contribution is 6.01. The smallest absolute Gasteiger partial charge is 0.254 e. The van der Waals surface area contributed by atoms with E-state index >= 15 is 0 Å². The predicted octanol–water partition coefficient (Wildman–Crippen LogP) is 1.64. The number of carbonyl (C=O) groups is 1. The van der Waals surface area contributed by atoms with E-state index in [-0.39, 0.29) is 11.3 Å². The number of rotatable bonds is 3. The molecular formula is C11H9FN2O2. The first-order chi connectivity index (χ1) is 7.74. The molecule has 2 N–H and O–H groups in total. The van der Waals surface area contributed by atoms with Gasteiger partial charge in [0.2, 0.25) is 6.86 Å². The monoisotopic (exact) mass is 220 g/mol. The van der Waals surface area contributed by atoms with Crippen molar-refractivity contribution in [2.24, 2.45) is 5.73 Å². The average molecular weight is 220 g/mol. The van der Waals surface area contributed by atoms with Crippen molar-refractivity contribution in [3.05, 3.63) is 36.0 Å². The summed E-state index contributed by atoms with van der Waals surface area (Å²) in [5.41, 5.74) is 5.86. The molecule has 0 aliphatic rings. The van der Waals surface area contributed by atoms with Crippen LogP contribution in [-0.2, 0) is 0 Å². The number of amides is 1. The van der Waals surface area contributed by atoms with Gasteiger partial charge in [-0.25, -0.2) is 4.39 Å². The Morgan fingerprint density at radius 3 is 2.88 bits per heavy atom. The zero-order valence-electron chi connectivity index (χ0n) is 8.31. The van der Waals surface area contributed by atoms with Gasteiger partial charge in [0.05, 0.1) is 5.52 Å². The highest BCUT2D eigenvalue weighted by Gasteiger charge is 2.13. The van der Waals surface area contributed by atoms with Gasteiger partial charge in [0, 0.05) is 11.6 Å². The topological polar surface area (TPSA) is 65.2 Å². The van der Waals surface area contributed by atoms with E-state index in [0.29, 0.717) is 10.9 Å². The van der Waals surface area contributed by atoms with Crippen LogP contribution in [-0.4, -0.2) is 17.8 Å². The summed E-state index contributed by atoms with van der Waals surface area (Å²) in [5, 5.41) is 0.566. The van der Waals surface area contributed by atoms with E-state index in [2.05, 4.69) is 4.98 Å². The second-order valence-corrected chi connectivity index (χ2v) is 3.14. The van der Waals surface area contributed by atoms with E-state index in [0.717, 1.165) is 0 Å². The van der Waals surface area contributed by atoms with Crippen molar-refractivity contribution in [1.29, 1.82) is 0 Å². The van der Waals surface area contributed by atoms with Gasteiger partial charge in [0.1, 0.15) is 11.3 Å². The quantitative estimate of drug-likeness (QED) is 0.855. The van der Waals surface area contributed by atoms with E-state index in [4.69, 9.17) is 10.5 Å². The lowest BCUT2D eigenvalue weighted by Crippen LogP contribution is -2.13. The number of hydrogen-bond donors (Lipinski definition) is 1. The average Bonchev–Trinajstić information content (AvgIpc) is 2.29. The van der Waals surface area contributed by atoms with Crippen molar-refractivity contribution in [2.45, 2.75) is 0 Å². The fourth-order valence-electron chi connectivity index (χ4n) is 1.50. The van der Waals surface area contributed by atoms with Crippen LogP contribution in [0.3, 0.4) is 0 Å². The van der Waals surface area contributed by atoms with Gasteiger partial charge in [-0.2, -0.15) is 0 Å². The Morgan fingerprint density at radius 2 is 2.19 bits per heavy atom. The molecule has 0 spiro atoms. The minimum absolute atomic E-state index is 0.0800. The highest BCUT2D eigenvalue weighted by atomic mass is 19.1. The van der Waals surface area contributed by atoms with E-state index in [1.165, 1.54) is 6.20 Å². The first-order valence-electron chi connectivity index (χ1n) is 4.60. The second-order valence-electron chi connectivity index (χ2n) is 3.14. The number of halogens is 1. The number of aromatic nitrogens is 1. The third-order valence-corrected chi connectivity index (χ3v) is 2.19. The molecule has 0 unspecified atom stereocenters. The van der Waals surface area contributed by atoms with Crippen molar-refractivity contribution in [1.82, 2.24) is 4.98 Å². The number of para-hydroxylation sites is 1. The fraction of sp³-hybridized carbons (Fsp3) is 0.0909. The molecule has 1 heterocycles. The Hall–Kier alpha value is -2.17. The van der Waals surface area contributed by atoms with Gasteiger partial charge in [-0.1, -0.05) is 12.1 Å². The number of pyridine rings is 1. The number of nitrogens with two attached hydrogens (primary N) is 1. The maximum atomic E-state index is 12.3. The molecule has 0 saturated heterocycles. The largest absolute Gasteiger partial charge is 0.461 e. The van der Waals surface area contributed by atoms with Crippen LogP contribution in [0, 0.1) is 0 Å². The summed E-state index contributed by atoms with van der Waals surface area (Å²) in [4.78, 5) is 15.2. The Balaban J connectivity index is 2.73. The summed E-state index contributed by atoms with van der Waals surface area (Å²) in [7, 11) is 0. The third-order valence-electron chi connectivity index (χ3n) is 2.19. The summed E-state index contributed by atoms with van der Waals surface area (Å²) in [6.45, 7) is -1.02. The molecular weight excluding hydrogens is 211 g/mol. The van der Waals surface area contributed by atoms with Crippen LogP contribution < -0.4 is 10.5 Å². The summed E-state index contributed by atoms with van der Waals surface area (Å²) in [6, 6.07) is 6.98. The lowest BCUT2D eigenvalue weighted by atomic mass is 10.1. The molecule has 1 aromatic heterocycles. The number of primary amides is 1.